The highest BCUT2D eigenvalue weighted by atomic mass is 16.5. The summed E-state index contributed by atoms with van der Waals surface area (Å²) in [6, 6.07) is 19.4. The molecule has 0 atom stereocenters. The Labute approximate surface area is 164 Å². The fourth-order valence-corrected chi connectivity index (χ4v) is 2.77. The predicted octanol–water partition coefficient (Wildman–Crippen LogP) is 3.53. The minimum atomic E-state index is -0.0162. The number of anilines is 1. The second kappa shape index (κ2) is 8.52. The number of nitrogens with one attached hydrogen (secondary N) is 2. The molecule has 4 rings (SSSR count). The van der Waals surface area contributed by atoms with E-state index in [4.69, 9.17) is 4.74 Å². The average molecular weight is 374 g/mol. The number of rotatable bonds is 8. The second-order valence-corrected chi connectivity index (χ2v) is 6.70. The lowest BCUT2D eigenvalue weighted by atomic mass is 10.1. The Balaban J connectivity index is 1.33. The van der Waals surface area contributed by atoms with Crippen LogP contribution in [-0.2, 0) is 0 Å². The van der Waals surface area contributed by atoms with E-state index in [1.807, 2.05) is 60.7 Å². The van der Waals surface area contributed by atoms with Crippen molar-refractivity contribution in [2.24, 2.45) is 0 Å². The van der Waals surface area contributed by atoms with E-state index in [1.54, 1.807) is 0 Å². The molecule has 0 bridgehead atoms. The van der Waals surface area contributed by atoms with Crippen LogP contribution in [0.15, 0.2) is 67.0 Å². The number of nitrogens with zero attached hydrogens (tertiary/aromatic N) is 2. The lowest BCUT2D eigenvalue weighted by molar-refractivity contribution is 0.0951. The van der Waals surface area contributed by atoms with Gasteiger partial charge in [0.25, 0.3) is 5.91 Å². The standard InChI is InChI=1S/C22H22N4O2/c27-22(26-18-10-11-18)17-8-6-16(7-9-17)20-14-21(25-15-24-20)23-12-13-28-19-4-2-1-3-5-19/h1-9,14-15,18H,10-13H2,(H,26,27)(H,23,24,25). The molecular weight excluding hydrogens is 352 g/mol. The van der Waals surface area contributed by atoms with Crippen molar-refractivity contribution in [3.05, 3.63) is 72.6 Å². The largest absolute Gasteiger partial charge is 0.492 e. The summed E-state index contributed by atoms with van der Waals surface area (Å²) in [7, 11) is 0. The van der Waals surface area contributed by atoms with E-state index in [-0.39, 0.29) is 5.91 Å². The van der Waals surface area contributed by atoms with Crippen LogP contribution in [0.25, 0.3) is 11.3 Å². The van der Waals surface area contributed by atoms with Crippen molar-refractivity contribution in [2.75, 3.05) is 18.5 Å². The van der Waals surface area contributed by atoms with Crippen LogP contribution in [0.1, 0.15) is 23.2 Å². The van der Waals surface area contributed by atoms with Crippen molar-refractivity contribution in [1.82, 2.24) is 15.3 Å². The van der Waals surface area contributed by atoms with E-state index in [0.29, 0.717) is 24.8 Å². The molecule has 0 aliphatic heterocycles. The maximum absolute atomic E-state index is 12.1. The molecule has 2 aromatic carbocycles. The van der Waals surface area contributed by atoms with Gasteiger partial charge in [-0.05, 0) is 37.1 Å². The number of benzene rings is 2. The van der Waals surface area contributed by atoms with Gasteiger partial charge in [0, 0.05) is 23.2 Å². The molecular formula is C22H22N4O2. The summed E-state index contributed by atoms with van der Waals surface area (Å²) in [5, 5.41) is 6.24. The molecule has 28 heavy (non-hydrogen) atoms. The SMILES string of the molecule is O=C(NC1CC1)c1ccc(-c2cc(NCCOc3ccccc3)ncn2)cc1. The Bertz CT molecular complexity index is 925. The first-order valence-corrected chi connectivity index (χ1v) is 9.43. The van der Waals surface area contributed by atoms with Gasteiger partial charge >= 0.3 is 0 Å². The molecule has 1 heterocycles. The molecule has 1 saturated carbocycles. The molecule has 1 aromatic heterocycles. The molecule has 142 valence electrons. The summed E-state index contributed by atoms with van der Waals surface area (Å²) in [5.74, 6) is 1.56. The van der Waals surface area contributed by atoms with Gasteiger partial charge in [0.05, 0.1) is 12.2 Å². The summed E-state index contributed by atoms with van der Waals surface area (Å²) < 4.78 is 5.67. The lowest BCUT2D eigenvalue weighted by Gasteiger charge is -2.09. The van der Waals surface area contributed by atoms with E-state index < -0.39 is 0 Å². The fourth-order valence-electron chi connectivity index (χ4n) is 2.77. The number of aromatic nitrogens is 2. The summed E-state index contributed by atoms with van der Waals surface area (Å²) >= 11 is 0. The smallest absolute Gasteiger partial charge is 0.251 e. The number of hydrogen-bond donors (Lipinski definition) is 2. The van der Waals surface area contributed by atoms with Gasteiger partial charge in [-0.2, -0.15) is 0 Å². The van der Waals surface area contributed by atoms with Crippen LogP contribution in [0, 0.1) is 0 Å². The van der Waals surface area contributed by atoms with Crippen LogP contribution in [0.4, 0.5) is 5.82 Å². The Kier molecular flexibility index (Phi) is 5.47. The molecule has 0 radical (unpaired) electrons. The summed E-state index contributed by atoms with van der Waals surface area (Å²) in [5.41, 5.74) is 2.41. The van der Waals surface area contributed by atoms with E-state index in [0.717, 1.165) is 35.7 Å². The maximum atomic E-state index is 12.1. The summed E-state index contributed by atoms with van der Waals surface area (Å²) in [4.78, 5) is 20.7. The topological polar surface area (TPSA) is 76.1 Å². The van der Waals surface area contributed by atoms with Gasteiger partial charge in [0.1, 0.15) is 24.5 Å². The molecule has 1 aliphatic rings. The zero-order chi connectivity index (χ0) is 19.2. The van der Waals surface area contributed by atoms with Gasteiger partial charge in [-0.25, -0.2) is 9.97 Å². The van der Waals surface area contributed by atoms with Crippen LogP contribution >= 0.6 is 0 Å². The second-order valence-electron chi connectivity index (χ2n) is 6.70. The third-order valence-corrected chi connectivity index (χ3v) is 4.44. The molecule has 3 aromatic rings. The van der Waals surface area contributed by atoms with Gasteiger partial charge in [0.2, 0.25) is 0 Å². The molecule has 2 N–H and O–H groups in total. The Hall–Kier alpha value is -3.41. The predicted molar refractivity (Wildman–Crippen MR) is 108 cm³/mol. The highest BCUT2D eigenvalue weighted by Crippen LogP contribution is 2.21. The number of amides is 1. The van der Waals surface area contributed by atoms with Crippen molar-refractivity contribution >= 4 is 11.7 Å². The Morgan fingerprint density at radius 2 is 1.82 bits per heavy atom. The maximum Gasteiger partial charge on any atom is 0.251 e. The quantitative estimate of drug-likeness (QED) is 0.590. The van der Waals surface area contributed by atoms with Crippen molar-refractivity contribution in [3.8, 4) is 17.0 Å². The molecule has 6 nitrogen and oxygen atoms in total. The zero-order valence-electron chi connectivity index (χ0n) is 15.5. The third kappa shape index (κ3) is 4.85. The van der Waals surface area contributed by atoms with Gasteiger partial charge in [-0.15, -0.1) is 0 Å². The van der Waals surface area contributed by atoms with Crippen molar-refractivity contribution in [3.63, 3.8) is 0 Å². The van der Waals surface area contributed by atoms with Crippen LogP contribution < -0.4 is 15.4 Å². The van der Waals surface area contributed by atoms with Crippen molar-refractivity contribution < 1.29 is 9.53 Å². The van der Waals surface area contributed by atoms with E-state index in [1.165, 1.54) is 6.33 Å². The van der Waals surface area contributed by atoms with Gasteiger partial charge < -0.3 is 15.4 Å². The highest BCUT2D eigenvalue weighted by Gasteiger charge is 2.23. The Morgan fingerprint density at radius 3 is 2.57 bits per heavy atom. The minimum Gasteiger partial charge on any atom is -0.492 e. The van der Waals surface area contributed by atoms with Gasteiger partial charge in [0.15, 0.2) is 0 Å². The lowest BCUT2D eigenvalue weighted by Crippen LogP contribution is -2.25. The van der Waals surface area contributed by atoms with E-state index in [9.17, 15) is 4.79 Å². The monoisotopic (exact) mass is 374 g/mol. The zero-order valence-corrected chi connectivity index (χ0v) is 15.5. The Morgan fingerprint density at radius 1 is 1.04 bits per heavy atom. The molecule has 1 aliphatic carbocycles. The molecule has 0 unspecified atom stereocenters. The summed E-state index contributed by atoms with van der Waals surface area (Å²) in [6.45, 7) is 1.17. The molecule has 1 fully saturated rings. The summed E-state index contributed by atoms with van der Waals surface area (Å²) in [6.07, 6.45) is 3.69. The van der Waals surface area contributed by atoms with E-state index >= 15 is 0 Å². The first-order chi connectivity index (χ1) is 13.8. The van der Waals surface area contributed by atoms with E-state index in [2.05, 4.69) is 20.6 Å². The minimum absolute atomic E-state index is 0.0162. The molecule has 6 heteroatoms. The molecule has 0 spiro atoms. The normalized spacial score (nSPS) is 13.0. The molecule has 0 saturated heterocycles. The number of ether oxygens (including phenoxy) is 1. The molecule has 1 amide bonds. The van der Waals surface area contributed by atoms with Gasteiger partial charge in [-0.3, -0.25) is 4.79 Å². The van der Waals surface area contributed by atoms with Crippen molar-refractivity contribution in [2.45, 2.75) is 18.9 Å². The van der Waals surface area contributed by atoms with Crippen molar-refractivity contribution in [1.29, 1.82) is 0 Å². The third-order valence-electron chi connectivity index (χ3n) is 4.44. The van der Waals surface area contributed by atoms with Crippen LogP contribution in [0.5, 0.6) is 5.75 Å². The highest BCUT2D eigenvalue weighted by molar-refractivity contribution is 5.95. The number of para-hydroxylation sites is 1. The fraction of sp³-hybridized carbons (Fsp3) is 0.227. The first-order valence-electron chi connectivity index (χ1n) is 9.43. The van der Waals surface area contributed by atoms with Crippen LogP contribution in [-0.4, -0.2) is 35.1 Å². The number of carbonyl (C=O) groups is 1. The first kappa shape index (κ1) is 18.0. The van der Waals surface area contributed by atoms with Crippen LogP contribution in [0.2, 0.25) is 0 Å². The van der Waals surface area contributed by atoms with Gasteiger partial charge in [-0.1, -0.05) is 30.3 Å². The number of hydrogen-bond acceptors (Lipinski definition) is 5. The number of carbonyl (C=O) groups excluding carboxylic acids is 1. The van der Waals surface area contributed by atoms with Crippen LogP contribution in [0.3, 0.4) is 0 Å². The average Bonchev–Trinajstić information content (AvgIpc) is 3.56.